The van der Waals surface area contributed by atoms with Crippen molar-refractivity contribution in [1.82, 2.24) is 19.7 Å². The minimum atomic E-state index is -0.372. The molecule has 0 aliphatic carbocycles. The number of carbonyl (C=O) groups excluding carboxylic acids is 1. The molecule has 1 amide bonds. The Morgan fingerprint density at radius 1 is 1.20 bits per heavy atom. The third kappa shape index (κ3) is 5.17. The van der Waals surface area contributed by atoms with E-state index in [1.807, 2.05) is 30.5 Å². The Hall–Kier alpha value is -4.18. The van der Waals surface area contributed by atoms with Crippen LogP contribution < -0.4 is 20.3 Å². The number of ether oxygens (including phenoxy) is 2. The largest absolute Gasteiger partial charge is 0.493 e. The Morgan fingerprint density at radius 3 is 2.66 bits per heavy atom. The van der Waals surface area contributed by atoms with Gasteiger partial charge in [-0.25, -0.2) is 4.98 Å². The van der Waals surface area contributed by atoms with Gasteiger partial charge in [-0.2, -0.15) is 9.78 Å². The SMILES string of the molecule is CCc1c(C)nc(-n2nc(-c3cccs3)cc2NC(=O)/C=C\c2ccc(OC)c(OC)c2)[nH]c1=O. The van der Waals surface area contributed by atoms with Crippen LogP contribution in [-0.4, -0.2) is 39.9 Å². The van der Waals surface area contributed by atoms with Crippen LogP contribution in [0.5, 0.6) is 11.5 Å². The Labute approximate surface area is 206 Å². The van der Waals surface area contributed by atoms with Gasteiger partial charge in [-0.05, 0) is 48.6 Å². The van der Waals surface area contributed by atoms with Crippen LogP contribution in [0.15, 0.2) is 52.6 Å². The van der Waals surface area contributed by atoms with Crippen molar-refractivity contribution in [2.75, 3.05) is 19.5 Å². The smallest absolute Gasteiger partial charge is 0.255 e. The zero-order valence-electron chi connectivity index (χ0n) is 19.8. The van der Waals surface area contributed by atoms with Gasteiger partial charge in [-0.1, -0.05) is 19.1 Å². The molecule has 2 N–H and O–H groups in total. The van der Waals surface area contributed by atoms with Crippen LogP contribution in [-0.2, 0) is 11.2 Å². The quantitative estimate of drug-likeness (QED) is 0.357. The number of amides is 1. The summed E-state index contributed by atoms with van der Waals surface area (Å²) in [5.74, 6) is 1.40. The monoisotopic (exact) mass is 491 g/mol. The second-order valence-electron chi connectivity index (χ2n) is 7.55. The lowest BCUT2D eigenvalue weighted by Gasteiger charge is -2.09. The fourth-order valence-electron chi connectivity index (χ4n) is 3.58. The molecular formula is C25H25N5O4S. The zero-order chi connectivity index (χ0) is 24.9. The molecule has 0 bridgehead atoms. The van der Waals surface area contributed by atoms with E-state index in [2.05, 4.69) is 20.4 Å². The van der Waals surface area contributed by atoms with Crippen LogP contribution in [0.25, 0.3) is 22.6 Å². The molecule has 3 aromatic heterocycles. The topological polar surface area (TPSA) is 111 Å². The van der Waals surface area contributed by atoms with Gasteiger partial charge in [0.2, 0.25) is 11.9 Å². The first-order valence-electron chi connectivity index (χ1n) is 10.9. The third-order valence-corrected chi connectivity index (χ3v) is 6.23. The summed E-state index contributed by atoms with van der Waals surface area (Å²) in [4.78, 5) is 33.6. The number of benzene rings is 1. The molecule has 3 heterocycles. The average Bonchev–Trinajstić information content (AvgIpc) is 3.52. The molecule has 35 heavy (non-hydrogen) atoms. The van der Waals surface area contributed by atoms with Crippen LogP contribution in [0.4, 0.5) is 5.82 Å². The van der Waals surface area contributed by atoms with E-state index in [0.29, 0.717) is 40.7 Å². The van der Waals surface area contributed by atoms with Gasteiger partial charge in [0.1, 0.15) is 11.5 Å². The molecule has 0 unspecified atom stereocenters. The van der Waals surface area contributed by atoms with Crippen molar-refractivity contribution in [3.8, 4) is 28.0 Å². The van der Waals surface area contributed by atoms with Crippen LogP contribution in [0, 0.1) is 6.92 Å². The van der Waals surface area contributed by atoms with Crippen molar-refractivity contribution >= 4 is 29.1 Å². The number of anilines is 1. The molecule has 0 saturated heterocycles. The Morgan fingerprint density at radius 2 is 2.00 bits per heavy atom. The predicted molar refractivity (Wildman–Crippen MR) is 137 cm³/mol. The van der Waals surface area contributed by atoms with Gasteiger partial charge in [0.25, 0.3) is 5.56 Å². The van der Waals surface area contributed by atoms with Crippen LogP contribution in [0.1, 0.15) is 23.7 Å². The van der Waals surface area contributed by atoms with E-state index < -0.39 is 0 Å². The maximum atomic E-state index is 12.8. The molecule has 0 saturated carbocycles. The minimum absolute atomic E-state index is 0.228. The average molecular weight is 492 g/mol. The molecule has 180 valence electrons. The number of aromatic amines is 1. The van der Waals surface area contributed by atoms with Gasteiger partial charge in [0, 0.05) is 23.4 Å². The summed E-state index contributed by atoms with van der Waals surface area (Å²) in [5.41, 5.74) is 2.42. The number of carbonyl (C=O) groups is 1. The van der Waals surface area contributed by atoms with Crippen molar-refractivity contribution in [3.63, 3.8) is 0 Å². The summed E-state index contributed by atoms with van der Waals surface area (Å²) >= 11 is 1.52. The number of methoxy groups -OCH3 is 2. The standard InChI is InChI=1S/C25H25N5O4S/c1-5-17-15(2)26-25(28-24(17)32)30-22(14-18(29-30)21-7-6-12-35-21)27-23(31)11-9-16-8-10-19(33-3)20(13-16)34-4/h6-14H,5H2,1-4H3,(H,27,31)(H,26,28,32)/b11-9-. The fraction of sp³-hybridized carbons (Fsp3) is 0.200. The zero-order valence-corrected chi connectivity index (χ0v) is 20.6. The summed E-state index contributed by atoms with van der Waals surface area (Å²) in [6, 6.07) is 11.0. The summed E-state index contributed by atoms with van der Waals surface area (Å²) in [5, 5.41) is 9.38. The molecule has 0 aliphatic rings. The molecular weight excluding hydrogens is 466 g/mol. The van der Waals surface area contributed by atoms with E-state index in [1.165, 1.54) is 22.1 Å². The van der Waals surface area contributed by atoms with Gasteiger partial charge in [-0.3, -0.25) is 14.6 Å². The molecule has 10 heteroatoms. The number of aromatic nitrogens is 4. The summed E-state index contributed by atoms with van der Waals surface area (Å²) in [6.07, 6.45) is 3.64. The summed E-state index contributed by atoms with van der Waals surface area (Å²) in [7, 11) is 3.12. The van der Waals surface area contributed by atoms with E-state index >= 15 is 0 Å². The number of H-pyrrole nitrogens is 1. The maximum absolute atomic E-state index is 12.8. The number of hydrogen-bond donors (Lipinski definition) is 2. The maximum Gasteiger partial charge on any atom is 0.255 e. The van der Waals surface area contributed by atoms with Crippen molar-refractivity contribution in [2.24, 2.45) is 0 Å². The normalized spacial score (nSPS) is 11.1. The highest BCUT2D eigenvalue weighted by Gasteiger charge is 2.17. The fourth-order valence-corrected chi connectivity index (χ4v) is 4.27. The summed E-state index contributed by atoms with van der Waals surface area (Å²) < 4.78 is 12.0. The number of aryl methyl sites for hydroxylation is 1. The van der Waals surface area contributed by atoms with E-state index in [1.54, 1.807) is 45.4 Å². The van der Waals surface area contributed by atoms with Crippen molar-refractivity contribution in [3.05, 3.63) is 75.0 Å². The highest BCUT2D eigenvalue weighted by Crippen LogP contribution is 2.29. The van der Waals surface area contributed by atoms with Gasteiger partial charge in [-0.15, -0.1) is 11.3 Å². The van der Waals surface area contributed by atoms with Crippen LogP contribution >= 0.6 is 11.3 Å². The third-order valence-electron chi connectivity index (χ3n) is 5.33. The van der Waals surface area contributed by atoms with Gasteiger partial charge < -0.3 is 14.8 Å². The van der Waals surface area contributed by atoms with Crippen LogP contribution in [0.2, 0.25) is 0 Å². The molecule has 9 nitrogen and oxygen atoms in total. The highest BCUT2D eigenvalue weighted by atomic mass is 32.1. The molecule has 4 rings (SSSR count). The van der Waals surface area contributed by atoms with Crippen molar-refractivity contribution in [1.29, 1.82) is 0 Å². The van der Waals surface area contributed by atoms with E-state index in [-0.39, 0.29) is 17.4 Å². The molecule has 0 aliphatic heterocycles. The molecule has 0 radical (unpaired) electrons. The molecule has 1 aromatic carbocycles. The first kappa shape index (κ1) is 24.0. The van der Waals surface area contributed by atoms with Gasteiger partial charge in [0.15, 0.2) is 11.5 Å². The van der Waals surface area contributed by atoms with E-state index in [0.717, 1.165) is 10.4 Å². The minimum Gasteiger partial charge on any atom is -0.493 e. The second kappa shape index (κ2) is 10.4. The Bertz CT molecular complexity index is 1440. The van der Waals surface area contributed by atoms with E-state index in [9.17, 15) is 9.59 Å². The highest BCUT2D eigenvalue weighted by molar-refractivity contribution is 7.13. The number of thiophene rings is 1. The van der Waals surface area contributed by atoms with Crippen molar-refractivity contribution in [2.45, 2.75) is 20.3 Å². The van der Waals surface area contributed by atoms with Crippen molar-refractivity contribution < 1.29 is 14.3 Å². The van der Waals surface area contributed by atoms with E-state index in [4.69, 9.17) is 9.47 Å². The predicted octanol–water partition coefficient (Wildman–Crippen LogP) is 4.22. The lowest BCUT2D eigenvalue weighted by Crippen LogP contribution is -2.21. The Kier molecular flexibility index (Phi) is 7.11. The lowest BCUT2D eigenvalue weighted by atomic mass is 10.2. The molecule has 0 fully saturated rings. The molecule has 4 aromatic rings. The molecule has 0 atom stereocenters. The number of nitrogens with one attached hydrogen (secondary N) is 2. The first-order valence-corrected chi connectivity index (χ1v) is 11.8. The lowest BCUT2D eigenvalue weighted by molar-refractivity contribution is -0.111. The number of nitrogens with zero attached hydrogens (tertiary/aromatic N) is 3. The molecule has 0 spiro atoms. The first-order chi connectivity index (χ1) is 16.9. The number of hydrogen-bond acceptors (Lipinski definition) is 7. The van der Waals surface area contributed by atoms with Gasteiger partial charge >= 0.3 is 0 Å². The second-order valence-corrected chi connectivity index (χ2v) is 8.50. The Balaban J connectivity index is 1.66. The summed E-state index contributed by atoms with van der Waals surface area (Å²) in [6.45, 7) is 3.68. The van der Waals surface area contributed by atoms with Gasteiger partial charge in [0.05, 0.1) is 19.1 Å². The van der Waals surface area contributed by atoms with Crippen LogP contribution in [0.3, 0.4) is 0 Å². The number of rotatable bonds is 8.